The zero-order chi connectivity index (χ0) is 12.1. The molecule has 0 aliphatic rings. The van der Waals surface area contributed by atoms with E-state index in [4.69, 9.17) is 4.74 Å². The molecule has 1 atom stereocenters. The molecule has 1 aromatic heterocycles. The third-order valence-electron chi connectivity index (χ3n) is 2.69. The van der Waals surface area contributed by atoms with Gasteiger partial charge in [0.05, 0.1) is 12.7 Å². The van der Waals surface area contributed by atoms with Crippen LogP contribution in [0.5, 0.6) is 0 Å². The molecule has 0 saturated carbocycles. The summed E-state index contributed by atoms with van der Waals surface area (Å²) in [4.78, 5) is 0. The Morgan fingerprint density at radius 2 is 2.29 bits per heavy atom. The predicted molar refractivity (Wildman–Crippen MR) is 71.5 cm³/mol. The molecule has 17 heavy (non-hydrogen) atoms. The minimum absolute atomic E-state index is 0.464. The van der Waals surface area contributed by atoms with Crippen LogP contribution >= 0.6 is 11.3 Å². The molecule has 1 heterocycles. The topological polar surface area (TPSA) is 41.5 Å². The lowest BCUT2D eigenvalue weighted by Gasteiger charge is -2.13. The Labute approximate surface area is 105 Å². The smallest absolute Gasteiger partial charge is 0.0928 e. The molecule has 2 N–H and O–H groups in total. The number of fused-ring (bicyclic) bond motifs is 1. The molecule has 1 aromatic carbocycles. The fourth-order valence-corrected chi connectivity index (χ4v) is 2.76. The molecular weight excluding hydrogens is 234 g/mol. The number of aliphatic hydroxyl groups is 1. The monoisotopic (exact) mass is 251 g/mol. The molecule has 2 aromatic rings. The van der Waals surface area contributed by atoms with Crippen molar-refractivity contribution in [2.75, 3.05) is 26.8 Å². The predicted octanol–water partition coefficient (Wildman–Crippen LogP) is 2.17. The number of rotatable bonds is 6. The minimum Gasteiger partial charge on any atom is -0.387 e. The number of methoxy groups -OCH3 is 1. The molecule has 4 heteroatoms. The fraction of sp³-hybridized carbons (Fsp3) is 0.385. The zero-order valence-corrected chi connectivity index (χ0v) is 10.7. The maximum absolute atomic E-state index is 10.1. The van der Waals surface area contributed by atoms with E-state index in [1.165, 1.54) is 10.1 Å². The lowest BCUT2D eigenvalue weighted by molar-refractivity contribution is 0.163. The minimum atomic E-state index is -0.464. The highest BCUT2D eigenvalue weighted by Crippen LogP contribution is 2.28. The Hall–Kier alpha value is -0.940. The first-order valence-corrected chi connectivity index (χ1v) is 6.54. The number of hydrogen-bond acceptors (Lipinski definition) is 4. The fourth-order valence-electron chi connectivity index (χ4n) is 1.80. The van der Waals surface area contributed by atoms with Crippen LogP contribution in [0.25, 0.3) is 10.1 Å². The molecule has 0 spiro atoms. The van der Waals surface area contributed by atoms with Gasteiger partial charge in [-0.1, -0.05) is 18.2 Å². The van der Waals surface area contributed by atoms with Crippen molar-refractivity contribution in [1.82, 2.24) is 5.32 Å². The summed E-state index contributed by atoms with van der Waals surface area (Å²) in [7, 11) is 1.67. The summed E-state index contributed by atoms with van der Waals surface area (Å²) in [5.74, 6) is 0. The summed E-state index contributed by atoms with van der Waals surface area (Å²) in [5.41, 5.74) is 1.00. The van der Waals surface area contributed by atoms with Crippen molar-refractivity contribution >= 4 is 21.4 Å². The Bertz CT molecular complexity index is 469. The van der Waals surface area contributed by atoms with E-state index >= 15 is 0 Å². The summed E-state index contributed by atoms with van der Waals surface area (Å²) >= 11 is 1.67. The number of benzene rings is 1. The van der Waals surface area contributed by atoms with Gasteiger partial charge < -0.3 is 15.2 Å². The molecule has 0 radical (unpaired) electrons. The maximum Gasteiger partial charge on any atom is 0.0928 e. The number of ether oxygens (including phenoxy) is 1. The van der Waals surface area contributed by atoms with E-state index in [2.05, 4.69) is 22.8 Å². The van der Waals surface area contributed by atoms with Crippen LogP contribution < -0.4 is 5.32 Å². The summed E-state index contributed by atoms with van der Waals surface area (Å²) in [6.45, 7) is 1.98. The van der Waals surface area contributed by atoms with E-state index < -0.39 is 6.10 Å². The second-order valence-electron chi connectivity index (χ2n) is 3.90. The quantitative estimate of drug-likeness (QED) is 0.773. The van der Waals surface area contributed by atoms with Gasteiger partial charge in [-0.05, 0) is 22.4 Å². The van der Waals surface area contributed by atoms with Gasteiger partial charge in [0.15, 0.2) is 0 Å². The van der Waals surface area contributed by atoms with Gasteiger partial charge in [0, 0.05) is 24.9 Å². The van der Waals surface area contributed by atoms with Gasteiger partial charge in [-0.25, -0.2) is 0 Å². The van der Waals surface area contributed by atoms with Crippen LogP contribution in [0.2, 0.25) is 0 Å². The van der Waals surface area contributed by atoms with E-state index in [0.717, 1.165) is 12.1 Å². The van der Waals surface area contributed by atoms with Crippen LogP contribution in [0.4, 0.5) is 0 Å². The number of nitrogens with one attached hydrogen (secondary N) is 1. The van der Waals surface area contributed by atoms with Gasteiger partial charge in [-0.3, -0.25) is 0 Å². The summed E-state index contributed by atoms with van der Waals surface area (Å²) in [6.07, 6.45) is -0.464. The highest BCUT2D eigenvalue weighted by Gasteiger charge is 2.11. The van der Waals surface area contributed by atoms with Crippen LogP contribution in [-0.2, 0) is 4.74 Å². The Morgan fingerprint density at radius 1 is 1.41 bits per heavy atom. The average molecular weight is 251 g/mol. The van der Waals surface area contributed by atoms with Crippen LogP contribution in [0, 0.1) is 0 Å². The molecule has 0 aliphatic carbocycles. The molecule has 0 amide bonds. The van der Waals surface area contributed by atoms with E-state index in [9.17, 15) is 5.11 Å². The van der Waals surface area contributed by atoms with Gasteiger partial charge >= 0.3 is 0 Å². The first kappa shape index (κ1) is 12.5. The zero-order valence-electron chi connectivity index (χ0n) is 9.85. The van der Waals surface area contributed by atoms with Gasteiger partial charge in [-0.2, -0.15) is 0 Å². The largest absolute Gasteiger partial charge is 0.387 e. The number of hydrogen-bond donors (Lipinski definition) is 2. The van der Waals surface area contributed by atoms with Crippen LogP contribution in [-0.4, -0.2) is 31.9 Å². The molecule has 0 fully saturated rings. The third-order valence-corrected chi connectivity index (χ3v) is 3.67. The van der Waals surface area contributed by atoms with Crippen LogP contribution in [0.15, 0.2) is 29.6 Å². The first-order chi connectivity index (χ1) is 8.33. The molecule has 1 unspecified atom stereocenters. The lowest BCUT2D eigenvalue weighted by atomic mass is 10.1. The summed E-state index contributed by atoms with van der Waals surface area (Å²) in [5, 5.41) is 16.6. The van der Waals surface area contributed by atoms with E-state index in [1.807, 2.05) is 12.1 Å². The van der Waals surface area contributed by atoms with Gasteiger partial charge in [-0.15, -0.1) is 11.3 Å². The van der Waals surface area contributed by atoms with Gasteiger partial charge in [0.1, 0.15) is 0 Å². The molecule has 0 saturated heterocycles. The van der Waals surface area contributed by atoms with Crippen molar-refractivity contribution < 1.29 is 9.84 Å². The van der Waals surface area contributed by atoms with E-state index in [-0.39, 0.29) is 0 Å². The third kappa shape index (κ3) is 3.04. The van der Waals surface area contributed by atoms with Crippen molar-refractivity contribution in [3.05, 3.63) is 35.2 Å². The maximum atomic E-state index is 10.1. The van der Waals surface area contributed by atoms with Crippen molar-refractivity contribution in [2.24, 2.45) is 0 Å². The summed E-state index contributed by atoms with van der Waals surface area (Å²) in [6, 6.07) is 8.12. The summed E-state index contributed by atoms with van der Waals surface area (Å²) < 4.78 is 6.12. The second-order valence-corrected chi connectivity index (χ2v) is 4.82. The van der Waals surface area contributed by atoms with Gasteiger partial charge in [0.25, 0.3) is 0 Å². The Morgan fingerprint density at radius 3 is 3.12 bits per heavy atom. The standard InChI is InChI=1S/C13H17NO2S/c1-16-7-6-14-9-12(15)11-4-2-3-10-5-8-17-13(10)11/h2-5,8,12,14-15H,6-7,9H2,1H3. The molecule has 0 aliphatic heterocycles. The molecule has 0 bridgehead atoms. The number of thiophene rings is 1. The van der Waals surface area contributed by atoms with Gasteiger partial charge in [0.2, 0.25) is 0 Å². The van der Waals surface area contributed by atoms with Crippen molar-refractivity contribution in [3.8, 4) is 0 Å². The molecule has 2 rings (SSSR count). The molecular formula is C13H17NO2S. The Kier molecular flexibility index (Phi) is 4.50. The lowest BCUT2D eigenvalue weighted by Crippen LogP contribution is -2.25. The SMILES string of the molecule is COCCNCC(O)c1cccc2ccsc12. The second kappa shape index (κ2) is 6.12. The van der Waals surface area contributed by atoms with Crippen LogP contribution in [0.1, 0.15) is 11.7 Å². The molecule has 3 nitrogen and oxygen atoms in total. The normalized spacial score (nSPS) is 13.1. The van der Waals surface area contributed by atoms with E-state index in [1.54, 1.807) is 18.4 Å². The Balaban J connectivity index is 2.03. The highest BCUT2D eigenvalue weighted by atomic mass is 32.1. The van der Waals surface area contributed by atoms with Crippen molar-refractivity contribution in [3.63, 3.8) is 0 Å². The highest BCUT2D eigenvalue weighted by molar-refractivity contribution is 7.17. The molecule has 92 valence electrons. The number of aliphatic hydroxyl groups excluding tert-OH is 1. The van der Waals surface area contributed by atoms with E-state index in [0.29, 0.717) is 13.2 Å². The van der Waals surface area contributed by atoms with Crippen molar-refractivity contribution in [2.45, 2.75) is 6.10 Å². The van der Waals surface area contributed by atoms with Crippen molar-refractivity contribution in [1.29, 1.82) is 0 Å². The van der Waals surface area contributed by atoms with Crippen LogP contribution in [0.3, 0.4) is 0 Å². The first-order valence-electron chi connectivity index (χ1n) is 5.67. The average Bonchev–Trinajstić information content (AvgIpc) is 2.82.